The number of rotatable bonds is 3. The van der Waals surface area contributed by atoms with Crippen LogP contribution in [0.4, 0.5) is 14.6 Å². The number of pyridine rings is 2. The van der Waals surface area contributed by atoms with E-state index in [2.05, 4.69) is 15.3 Å². The molecule has 8 heteroatoms. The normalized spacial score (nSPS) is 12.5. The Morgan fingerprint density at radius 3 is 2.36 bits per heavy atom. The van der Waals surface area contributed by atoms with Crippen LogP contribution in [0.15, 0.2) is 42.9 Å². The summed E-state index contributed by atoms with van der Waals surface area (Å²) in [5.41, 5.74) is 1.97. The van der Waals surface area contributed by atoms with Gasteiger partial charge in [-0.1, -0.05) is 0 Å². The minimum atomic E-state index is -1.04. The van der Waals surface area contributed by atoms with Crippen LogP contribution < -0.4 is 14.8 Å². The number of aromatic nitrogens is 2. The molecule has 1 aliphatic heterocycles. The lowest BCUT2D eigenvalue weighted by atomic mass is 10.0. The van der Waals surface area contributed by atoms with Crippen molar-refractivity contribution in [2.75, 3.05) is 18.5 Å². The molecule has 3 heterocycles. The topological polar surface area (TPSA) is 73.3 Å². The molecule has 0 saturated carbocycles. The first-order valence-electron chi connectivity index (χ1n) is 8.50. The van der Waals surface area contributed by atoms with Crippen LogP contribution in [0.1, 0.15) is 15.9 Å². The van der Waals surface area contributed by atoms with Crippen molar-refractivity contribution in [3.63, 3.8) is 0 Å². The molecule has 0 unspecified atom stereocenters. The Morgan fingerprint density at radius 1 is 1.04 bits per heavy atom. The van der Waals surface area contributed by atoms with Gasteiger partial charge in [-0.3, -0.25) is 9.78 Å². The zero-order chi connectivity index (χ0) is 19.7. The molecule has 6 nitrogen and oxygen atoms in total. The maximum Gasteiger partial charge on any atom is 0.262 e. The number of nitrogens with one attached hydrogen (secondary N) is 1. The fourth-order valence-electron chi connectivity index (χ4n) is 2.94. The van der Waals surface area contributed by atoms with E-state index < -0.39 is 23.1 Å². The second kappa shape index (κ2) is 7.22. The van der Waals surface area contributed by atoms with Gasteiger partial charge in [-0.05, 0) is 42.3 Å². The smallest absolute Gasteiger partial charge is 0.262 e. The van der Waals surface area contributed by atoms with E-state index in [-0.39, 0.29) is 5.82 Å². The third-order valence-electron chi connectivity index (χ3n) is 4.29. The van der Waals surface area contributed by atoms with Gasteiger partial charge in [0.05, 0.1) is 12.4 Å². The fraction of sp³-hybridized carbons (Fsp3) is 0.150. The van der Waals surface area contributed by atoms with E-state index in [1.54, 1.807) is 18.3 Å². The van der Waals surface area contributed by atoms with Crippen molar-refractivity contribution in [1.82, 2.24) is 9.97 Å². The molecule has 1 aliphatic rings. The Hall–Kier alpha value is -3.55. The molecule has 0 bridgehead atoms. The molecule has 0 aliphatic carbocycles. The van der Waals surface area contributed by atoms with Gasteiger partial charge < -0.3 is 14.8 Å². The molecular weight excluding hydrogens is 368 g/mol. The Labute approximate surface area is 159 Å². The molecule has 4 rings (SSSR count). The van der Waals surface area contributed by atoms with Crippen molar-refractivity contribution in [2.45, 2.75) is 6.92 Å². The van der Waals surface area contributed by atoms with Gasteiger partial charge in [0.2, 0.25) is 0 Å². The van der Waals surface area contributed by atoms with Gasteiger partial charge in [0, 0.05) is 11.8 Å². The molecule has 0 radical (unpaired) electrons. The maximum atomic E-state index is 13.7. The van der Waals surface area contributed by atoms with Crippen LogP contribution in [-0.4, -0.2) is 29.1 Å². The van der Waals surface area contributed by atoms with Gasteiger partial charge in [-0.25, -0.2) is 13.8 Å². The van der Waals surface area contributed by atoms with Crippen LogP contribution in [0.2, 0.25) is 0 Å². The molecule has 0 atom stereocenters. The molecule has 1 amide bonds. The quantitative estimate of drug-likeness (QED) is 0.746. The number of benzene rings is 1. The lowest BCUT2D eigenvalue weighted by Crippen LogP contribution is -2.17. The summed E-state index contributed by atoms with van der Waals surface area (Å²) in [4.78, 5) is 19.7. The number of hydrogen-bond donors (Lipinski definition) is 1. The highest BCUT2D eigenvalue weighted by Gasteiger charge is 2.19. The van der Waals surface area contributed by atoms with E-state index in [9.17, 15) is 13.6 Å². The predicted molar refractivity (Wildman–Crippen MR) is 97.5 cm³/mol. The fourth-order valence-corrected chi connectivity index (χ4v) is 2.94. The number of carbonyl (C=O) groups is 1. The Bertz CT molecular complexity index is 1040. The van der Waals surface area contributed by atoms with E-state index in [0.29, 0.717) is 24.7 Å². The summed E-state index contributed by atoms with van der Waals surface area (Å²) in [5.74, 6) is -1.49. The van der Waals surface area contributed by atoms with Crippen LogP contribution in [0.3, 0.4) is 0 Å². The van der Waals surface area contributed by atoms with Gasteiger partial charge in [0.25, 0.3) is 5.91 Å². The highest BCUT2D eigenvalue weighted by Crippen LogP contribution is 2.37. The summed E-state index contributed by atoms with van der Waals surface area (Å²) in [6.45, 7) is 2.94. The van der Waals surface area contributed by atoms with Crippen molar-refractivity contribution in [3.8, 4) is 22.6 Å². The molecule has 3 aromatic rings. The average Bonchev–Trinajstić information content (AvgIpc) is 2.68. The standard InChI is InChI=1S/C20H15F2N3O3/c1-11-6-16-17(28-5-4-27-16)7-13(11)12-2-3-18(24-8-12)25-20(26)19-14(21)9-23-10-15(19)22/h2-3,6-10H,4-5H2,1H3,(H,24,25,26). The lowest BCUT2D eigenvalue weighted by Gasteiger charge is -2.20. The number of amides is 1. The van der Waals surface area contributed by atoms with E-state index in [0.717, 1.165) is 29.1 Å². The van der Waals surface area contributed by atoms with Gasteiger partial charge in [-0.15, -0.1) is 0 Å². The molecule has 1 aromatic carbocycles. The summed E-state index contributed by atoms with van der Waals surface area (Å²) in [6, 6.07) is 7.08. The molecule has 2 aromatic heterocycles. The number of anilines is 1. The van der Waals surface area contributed by atoms with E-state index >= 15 is 0 Å². The van der Waals surface area contributed by atoms with Gasteiger partial charge >= 0.3 is 0 Å². The number of fused-ring (bicyclic) bond motifs is 1. The van der Waals surface area contributed by atoms with Crippen molar-refractivity contribution >= 4 is 11.7 Å². The SMILES string of the molecule is Cc1cc2c(cc1-c1ccc(NC(=O)c3c(F)cncc3F)nc1)OCCO2. The predicted octanol–water partition coefficient (Wildman–Crippen LogP) is 3.75. The summed E-state index contributed by atoms with van der Waals surface area (Å²) >= 11 is 0. The minimum absolute atomic E-state index is 0.166. The summed E-state index contributed by atoms with van der Waals surface area (Å²) in [7, 11) is 0. The molecule has 142 valence electrons. The minimum Gasteiger partial charge on any atom is -0.486 e. The molecule has 1 N–H and O–H groups in total. The van der Waals surface area contributed by atoms with Crippen LogP contribution in [0, 0.1) is 18.6 Å². The molecule has 0 saturated heterocycles. The van der Waals surface area contributed by atoms with Gasteiger partial charge in [0.1, 0.15) is 24.6 Å². The Balaban J connectivity index is 1.57. The van der Waals surface area contributed by atoms with Gasteiger partial charge in [-0.2, -0.15) is 0 Å². The van der Waals surface area contributed by atoms with Crippen LogP contribution in [0.5, 0.6) is 11.5 Å². The number of aryl methyl sites for hydroxylation is 1. The number of hydrogen-bond acceptors (Lipinski definition) is 5. The first kappa shape index (κ1) is 17.8. The van der Waals surface area contributed by atoms with E-state index in [4.69, 9.17) is 9.47 Å². The molecule has 28 heavy (non-hydrogen) atoms. The van der Waals surface area contributed by atoms with Crippen LogP contribution in [-0.2, 0) is 0 Å². The highest BCUT2D eigenvalue weighted by atomic mass is 19.1. The lowest BCUT2D eigenvalue weighted by molar-refractivity contribution is 0.101. The first-order valence-corrected chi connectivity index (χ1v) is 8.50. The van der Waals surface area contributed by atoms with Crippen molar-refractivity contribution < 1.29 is 23.0 Å². The molecular formula is C20H15F2N3O3. The van der Waals surface area contributed by atoms with Crippen molar-refractivity contribution in [3.05, 3.63) is 65.6 Å². The number of halogens is 2. The summed E-state index contributed by atoms with van der Waals surface area (Å²) in [5, 5.41) is 2.38. The van der Waals surface area contributed by atoms with Crippen molar-refractivity contribution in [1.29, 1.82) is 0 Å². The number of ether oxygens (including phenoxy) is 2. The maximum absolute atomic E-state index is 13.7. The van der Waals surface area contributed by atoms with E-state index in [1.165, 1.54) is 0 Å². The summed E-state index contributed by atoms with van der Waals surface area (Å²) < 4.78 is 38.5. The zero-order valence-electron chi connectivity index (χ0n) is 14.8. The van der Waals surface area contributed by atoms with E-state index in [1.807, 2.05) is 19.1 Å². The largest absolute Gasteiger partial charge is 0.486 e. The third kappa shape index (κ3) is 3.36. The monoisotopic (exact) mass is 383 g/mol. The second-order valence-electron chi connectivity index (χ2n) is 6.18. The summed E-state index contributed by atoms with van der Waals surface area (Å²) in [6.07, 6.45) is 3.12. The third-order valence-corrected chi connectivity index (χ3v) is 4.29. The number of nitrogens with zero attached hydrogens (tertiary/aromatic N) is 2. The zero-order valence-corrected chi connectivity index (χ0v) is 14.8. The second-order valence-corrected chi connectivity index (χ2v) is 6.18. The van der Waals surface area contributed by atoms with Crippen molar-refractivity contribution in [2.24, 2.45) is 0 Å². The van der Waals surface area contributed by atoms with Crippen LogP contribution >= 0.6 is 0 Å². The molecule has 0 fully saturated rings. The Morgan fingerprint density at radius 2 is 1.71 bits per heavy atom. The molecule has 0 spiro atoms. The first-order chi connectivity index (χ1) is 13.5. The highest BCUT2D eigenvalue weighted by molar-refractivity contribution is 6.04. The van der Waals surface area contributed by atoms with Crippen LogP contribution in [0.25, 0.3) is 11.1 Å². The van der Waals surface area contributed by atoms with Gasteiger partial charge in [0.15, 0.2) is 23.1 Å². The Kier molecular flexibility index (Phi) is 4.60. The number of carbonyl (C=O) groups excluding carboxylic acids is 1. The average molecular weight is 383 g/mol.